The van der Waals surface area contributed by atoms with Crippen LogP contribution in [0.3, 0.4) is 0 Å². The third kappa shape index (κ3) is 4.45. The lowest BCUT2D eigenvalue weighted by atomic mass is 10.1. The zero-order chi connectivity index (χ0) is 21.9. The van der Waals surface area contributed by atoms with Crippen LogP contribution in [-0.2, 0) is 24.2 Å². The summed E-state index contributed by atoms with van der Waals surface area (Å²) >= 11 is 0. The summed E-state index contributed by atoms with van der Waals surface area (Å²) in [6.07, 6.45) is 2.58. The monoisotopic (exact) mass is 432 g/mol. The molecule has 0 radical (unpaired) electrons. The fourth-order valence-electron chi connectivity index (χ4n) is 4.56. The summed E-state index contributed by atoms with van der Waals surface area (Å²) in [6, 6.07) is 15.6. The normalized spacial score (nSPS) is 19.3. The molecule has 0 bridgehead atoms. The maximum Gasteiger partial charge on any atom is 0.261 e. The summed E-state index contributed by atoms with van der Waals surface area (Å²) in [4.78, 5) is 33.1. The average Bonchev–Trinajstić information content (AvgIpc) is 3.03. The van der Waals surface area contributed by atoms with Gasteiger partial charge < -0.3 is 10.1 Å². The number of amides is 1. The molecule has 1 amide bonds. The molecule has 2 aliphatic heterocycles. The fourth-order valence-corrected chi connectivity index (χ4v) is 4.56. The first kappa shape index (κ1) is 20.8. The molecule has 1 saturated heterocycles. The van der Waals surface area contributed by atoms with Crippen LogP contribution < -0.4 is 10.9 Å². The minimum absolute atomic E-state index is 0.0285. The van der Waals surface area contributed by atoms with Crippen LogP contribution in [0.4, 0.5) is 0 Å². The first-order valence-electron chi connectivity index (χ1n) is 11.4. The third-order valence-electron chi connectivity index (χ3n) is 6.33. The largest absolute Gasteiger partial charge is 0.379 e. The second-order valence-electron chi connectivity index (χ2n) is 8.62. The molecule has 1 aromatic heterocycles. The van der Waals surface area contributed by atoms with Crippen LogP contribution in [-0.4, -0.2) is 52.7 Å². The number of nitrogens with zero attached hydrogens (tertiary/aromatic N) is 3. The molecule has 5 rings (SSSR count). The van der Waals surface area contributed by atoms with E-state index in [2.05, 4.69) is 34.5 Å². The van der Waals surface area contributed by atoms with E-state index in [0.717, 1.165) is 44.9 Å². The lowest BCUT2D eigenvalue weighted by molar-refractivity contribution is 0.0624. The average molecular weight is 433 g/mol. The first-order chi connectivity index (χ1) is 15.7. The van der Waals surface area contributed by atoms with Crippen LogP contribution in [0.2, 0.25) is 0 Å². The van der Waals surface area contributed by atoms with Gasteiger partial charge in [0.1, 0.15) is 5.82 Å². The lowest BCUT2D eigenvalue weighted by Gasteiger charge is -2.23. The summed E-state index contributed by atoms with van der Waals surface area (Å²) < 4.78 is 7.25. The zero-order valence-corrected chi connectivity index (χ0v) is 18.1. The van der Waals surface area contributed by atoms with E-state index < -0.39 is 0 Å². The van der Waals surface area contributed by atoms with Gasteiger partial charge in [-0.2, -0.15) is 0 Å². The molecule has 0 aliphatic carbocycles. The fraction of sp³-hybridized carbons (Fsp3) is 0.400. The highest BCUT2D eigenvalue weighted by atomic mass is 16.5. The Balaban J connectivity index is 1.36. The van der Waals surface area contributed by atoms with Crippen molar-refractivity contribution in [3.63, 3.8) is 0 Å². The number of benzene rings is 2. The molecule has 1 atom stereocenters. The standard InChI is InChI=1S/C25H28N4O3/c30-24(26-20-7-4-14-32-17-20)19-8-9-21-22(15-19)27-23-10-11-28(12-13-29(23)25(21)31)16-18-5-2-1-3-6-18/h1-3,5-6,8-9,15,20H,4,7,10-14,16-17H2,(H,26,30). The molecule has 2 aromatic carbocycles. The Morgan fingerprint density at radius 3 is 2.81 bits per heavy atom. The minimum atomic E-state index is -0.145. The van der Waals surface area contributed by atoms with Crippen molar-refractivity contribution in [1.82, 2.24) is 19.8 Å². The lowest BCUT2D eigenvalue weighted by Crippen LogP contribution is -2.40. The van der Waals surface area contributed by atoms with E-state index in [4.69, 9.17) is 9.72 Å². The molecule has 0 saturated carbocycles. The maximum atomic E-state index is 13.2. The molecular weight excluding hydrogens is 404 g/mol. The number of carbonyl (C=O) groups is 1. The van der Waals surface area contributed by atoms with Crippen molar-refractivity contribution in [1.29, 1.82) is 0 Å². The molecule has 1 unspecified atom stereocenters. The Bertz CT molecular complexity index is 1170. The van der Waals surface area contributed by atoms with Gasteiger partial charge in [-0.3, -0.25) is 19.1 Å². The molecular formula is C25H28N4O3. The van der Waals surface area contributed by atoms with E-state index in [-0.39, 0.29) is 17.5 Å². The van der Waals surface area contributed by atoms with Gasteiger partial charge in [0, 0.05) is 44.8 Å². The van der Waals surface area contributed by atoms with Gasteiger partial charge in [-0.05, 0) is 36.6 Å². The molecule has 7 nitrogen and oxygen atoms in total. The summed E-state index contributed by atoms with van der Waals surface area (Å²) in [6.45, 7) is 4.43. The van der Waals surface area contributed by atoms with Crippen LogP contribution in [0.1, 0.15) is 34.6 Å². The van der Waals surface area contributed by atoms with E-state index >= 15 is 0 Å². The van der Waals surface area contributed by atoms with Gasteiger partial charge in [0.25, 0.3) is 11.5 Å². The molecule has 7 heteroatoms. The van der Waals surface area contributed by atoms with E-state index in [9.17, 15) is 9.59 Å². The minimum Gasteiger partial charge on any atom is -0.379 e. The summed E-state index contributed by atoms with van der Waals surface area (Å²) in [5, 5.41) is 3.59. The Morgan fingerprint density at radius 1 is 1.12 bits per heavy atom. The number of aromatic nitrogens is 2. The number of hydrogen-bond donors (Lipinski definition) is 1. The van der Waals surface area contributed by atoms with Crippen molar-refractivity contribution >= 4 is 16.8 Å². The van der Waals surface area contributed by atoms with Gasteiger partial charge in [-0.25, -0.2) is 4.98 Å². The maximum absolute atomic E-state index is 13.2. The molecule has 1 N–H and O–H groups in total. The number of fused-ring (bicyclic) bond motifs is 2. The third-order valence-corrected chi connectivity index (χ3v) is 6.33. The number of hydrogen-bond acceptors (Lipinski definition) is 5. The zero-order valence-electron chi connectivity index (χ0n) is 18.1. The van der Waals surface area contributed by atoms with Crippen molar-refractivity contribution in [3.05, 3.63) is 75.8 Å². The van der Waals surface area contributed by atoms with Gasteiger partial charge in [-0.1, -0.05) is 30.3 Å². The molecule has 3 aromatic rings. The van der Waals surface area contributed by atoms with Crippen molar-refractivity contribution in [2.45, 2.75) is 38.4 Å². The van der Waals surface area contributed by atoms with Crippen LogP contribution in [0.5, 0.6) is 0 Å². The molecule has 3 heterocycles. The quantitative estimate of drug-likeness (QED) is 0.685. The van der Waals surface area contributed by atoms with Crippen molar-refractivity contribution in [2.24, 2.45) is 0 Å². The molecule has 1 fully saturated rings. The van der Waals surface area contributed by atoms with Gasteiger partial charge >= 0.3 is 0 Å². The Morgan fingerprint density at radius 2 is 2.00 bits per heavy atom. The van der Waals surface area contributed by atoms with Gasteiger partial charge in [0.15, 0.2) is 0 Å². The number of nitrogens with one attached hydrogen (secondary N) is 1. The van der Waals surface area contributed by atoms with E-state index in [1.54, 1.807) is 22.8 Å². The van der Waals surface area contributed by atoms with Crippen LogP contribution in [0.25, 0.3) is 10.9 Å². The second kappa shape index (κ2) is 9.22. The number of ether oxygens (including phenoxy) is 1. The smallest absolute Gasteiger partial charge is 0.261 e. The van der Waals surface area contributed by atoms with Crippen LogP contribution in [0, 0.1) is 0 Å². The van der Waals surface area contributed by atoms with Gasteiger partial charge in [0.05, 0.1) is 23.6 Å². The highest BCUT2D eigenvalue weighted by Crippen LogP contribution is 2.16. The highest BCUT2D eigenvalue weighted by Gasteiger charge is 2.20. The van der Waals surface area contributed by atoms with E-state index in [0.29, 0.717) is 36.0 Å². The van der Waals surface area contributed by atoms with Gasteiger partial charge in [0.2, 0.25) is 0 Å². The second-order valence-corrected chi connectivity index (χ2v) is 8.62. The van der Waals surface area contributed by atoms with Gasteiger partial charge in [-0.15, -0.1) is 0 Å². The first-order valence-corrected chi connectivity index (χ1v) is 11.4. The molecule has 32 heavy (non-hydrogen) atoms. The molecule has 0 spiro atoms. The molecule has 166 valence electrons. The topological polar surface area (TPSA) is 76.5 Å². The molecule has 2 aliphatic rings. The van der Waals surface area contributed by atoms with Crippen LogP contribution in [0.15, 0.2) is 53.3 Å². The SMILES string of the molecule is O=C(NC1CCCOC1)c1ccc2c(=O)n3c(nc2c1)CCN(Cc1ccccc1)CC3. The van der Waals surface area contributed by atoms with Crippen molar-refractivity contribution < 1.29 is 9.53 Å². The van der Waals surface area contributed by atoms with Crippen molar-refractivity contribution in [3.8, 4) is 0 Å². The summed E-state index contributed by atoms with van der Waals surface area (Å²) in [5.74, 6) is 0.643. The Hall–Kier alpha value is -3.03. The van der Waals surface area contributed by atoms with E-state index in [1.807, 2.05) is 6.07 Å². The Labute approximate surface area is 187 Å². The summed E-state index contributed by atoms with van der Waals surface area (Å²) in [7, 11) is 0. The summed E-state index contributed by atoms with van der Waals surface area (Å²) in [5.41, 5.74) is 2.35. The number of carbonyl (C=O) groups excluding carboxylic acids is 1. The van der Waals surface area contributed by atoms with E-state index in [1.165, 1.54) is 5.56 Å². The predicted molar refractivity (Wildman–Crippen MR) is 123 cm³/mol. The van der Waals surface area contributed by atoms with Crippen LogP contribution >= 0.6 is 0 Å². The Kier molecular flexibility index (Phi) is 6.01. The number of rotatable bonds is 4. The predicted octanol–water partition coefficient (Wildman–Crippen LogP) is 2.36. The van der Waals surface area contributed by atoms with Crippen molar-refractivity contribution in [2.75, 3.05) is 26.3 Å². The highest BCUT2D eigenvalue weighted by molar-refractivity contribution is 5.97.